The van der Waals surface area contributed by atoms with E-state index in [1.807, 2.05) is 18.4 Å². The van der Waals surface area contributed by atoms with Gasteiger partial charge in [-0.3, -0.25) is 10.7 Å². The summed E-state index contributed by atoms with van der Waals surface area (Å²) in [5.41, 5.74) is 9.24. The van der Waals surface area contributed by atoms with E-state index in [1.165, 1.54) is 22.3 Å². The number of anilines is 1. The van der Waals surface area contributed by atoms with Gasteiger partial charge in [0.25, 0.3) is 0 Å². The van der Waals surface area contributed by atoms with Crippen LogP contribution >= 0.6 is 0 Å². The Morgan fingerprint density at radius 3 is 2.80 bits per heavy atom. The zero-order chi connectivity index (χ0) is 28.3. The van der Waals surface area contributed by atoms with Gasteiger partial charge in [0.05, 0.1) is 48.2 Å². The van der Waals surface area contributed by atoms with Crippen molar-refractivity contribution in [1.82, 2.24) is 29.0 Å². The number of hydrazine groups is 1. The average molecular weight is 555 g/mol. The van der Waals surface area contributed by atoms with Crippen LogP contribution < -0.4 is 11.2 Å². The predicted octanol–water partition coefficient (Wildman–Crippen LogP) is 4.45. The number of fused-ring (bicyclic) bond motifs is 2. The number of aryl methyl sites for hydroxylation is 1. The molecule has 3 N–H and O–H groups in total. The van der Waals surface area contributed by atoms with E-state index in [-0.39, 0.29) is 6.04 Å². The molecule has 0 spiro atoms. The van der Waals surface area contributed by atoms with Crippen molar-refractivity contribution in [2.24, 2.45) is 12.9 Å². The van der Waals surface area contributed by atoms with Crippen molar-refractivity contribution in [3.8, 4) is 0 Å². The summed E-state index contributed by atoms with van der Waals surface area (Å²) in [6.07, 6.45) is 8.40. The lowest BCUT2D eigenvalue weighted by molar-refractivity contribution is 0.0378. The Hall–Kier alpha value is -3.50. The molecule has 9 nitrogen and oxygen atoms in total. The number of para-hydroxylation sites is 1. The Labute approximate surface area is 242 Å². The fourth-order valence-corrected chi connectivity index (χ4v) is 6.13. The first-order valence-corrected chi connectivity index (χ1v) is 14.7. The number of rotatable bonds is 10. The Bertz CT molecular complexity index is 1580. The molecule has 6 rings (SSSR count). The Balaban J connectivity index is 1.26. The number of hydrogen-bond acceptors (Lipinski definition) is 7. The summed E-state index contributed by atoms with van der Waals surface area (Å²) in [5.74, 6) is 7.52. The topological polar surface area (TPSA) is 89.4 Å². The number of morpholine rings is 1. The number of aromatic nitrogens is 4. The van der Waals surface area contributed by atoms with Crippen LogP contribution in [0.25, 0.3) is 22.1 Å². The predicted molar refractivity (Wildman–Crippen MR) is 166 cm³/mol. The van der Waals surface area contributed by atoms with Gasteiger partial charge >= 0.3 is 0 Å². The molecule has 0 radical (unpaired) electrons. The van der Waals surface area contributed by atoms with Crippen molar-refractivity contribution in [2.45, 2.75) is 45.8 Å². The quantitative estimate of drug-likeness (QED) is 0.170. The Kier molecular flexibility index (Phi) is 8.20. The normalized spacial score (nSPS) is 18.3. The number of ether oxygens (including phenoxy) is 1. The summed E-state index contributed by atoms with van der Waals surface area (Å²) in [6, 6.07) is 13.1. The highest BCUT2D eigenvalue weighted by atomic mass is 16.5. The number of hydrogen-bond donors (Lipinski definition) is 2. The van der Waals surface area contributed by atoms with Crippen LogP contribution in [0, 0.1) is 0 Å². The summed E-state index contributed by atoms with van der Waals surface area (Å²) in [7, 11) is 2.04. The summed E-state index contributed by atoms with van der Waals surface area (Å²) in [5, 5.41) is 5.62. The first kappa shape index (κ1) is 27.7. The molecule has 2 aliphatic rings. The molecule has 0 bridgehead atoms. The van der Waals surface area contributed by atoms with Crippen LogP contribution in [0.4, 0.5) is 5.95 Å². The highest BCUT2D eigenvalue weighted by molar-refractivity contribution is 5.82. The van der Waals surface area contributed by atoms with E-state index in [4.69, 9.17) is 20.5 Å². The lowest BCUT2D eigenvalue weighted by Gasteiger charge is -2.28. The van der Waals surface area contributed by atoms with Crippen LogP contribution in [0.5, 0.6) is 0 Å². The molecule has 1 fully saturated rings. The SMILES string of the molecule is CC1=CC(N(N)Cc2ccc3nc(NCCCN4CCOCC4)n(Cc4cccc5c4ncn5C)c3c2)CC(C)=C1. The fraction of sp³-hybridized carbons (Fsp3) is 0.438. The monoisotopic (exact) mass is 554 g/mol. The summed E-state index contributed by atoms with van der Waals surface area (Å²) >= 11 is 0. The van der Waals surface area contributed by atoms with Crippen LogP contribution in [0.3, 0.4) is 0 Å². The second-order valence-corrected chi connectivity index (χ2v) is 11.6. The van der Waals surface area contributed by atoms with E-state index in [9.17, 15) is 0 Å². The third-order valence-electron chi connectivity index (χ3n) is 8.27. The second-order valence-electron chi connectivity index (χ2n) is 11.6. The molecular weight excluding hydrogens is 512 g/mol. The molecule has 0 amide bonds. The standard InChI is InChI=1S/C32H42N8O/c1-23-16-24(2)18-27(17-23)40(33)20-25-8-9-28-30(19-25)39(21-26-6-4-7-29-31(26)35-22-37(29)3)32(36-28)34-10-5-11-38-12-14-41-15-13-38/h4,6-9,16-17,19,22,27H,5,10-15,18,20-21,33H2,1-3H3,(H,34,36). The smallest absolute Gasteiger partial charge is 0.204 e. The van der Waals surface area contributed by atoms with Gasteiger partial charge in [-0.25, -0.2) is 15.0 Å². The molecule has 3 heterocycles. The van der Waals surface area contributed by atoms with Gasteiger partial charge in [-0.05, 0) is 62.6 Å². The number of nitrogens with one attached hydrogen (secondary N) is 1. The van der Waals surface area contributed by atoms with Crippen molar-refractivity contribution in [3.05, 3.63) is 77.2 Å². The Morgan fingerprint density at radius 1 is 1.12 bits per heavy atom. The van der Waals surface area contributed by atoms with Crippen molar-refractivity contribution >= 4 is 28.0 Å². The minimum absolute atomic E-state index is 0.200. The zero-order valence-electron chi connectivity index (χ0n) is 24.5. The van der Waals surface area contributed by atoms with E-state index in [0.717, 1.165) is 80.2 Å². The zero-order valence-corrected chi connectivity index (χ0v) is 24.5. The minimum Gasteiger partial charge on any atom is -0.379 e. The van der Waals surface area contributed by atoms with Crippen LogP contribution in [0.1, 0.15) is 37.8 Å². The van der Waals surface area contributed by atoms with Gasteiger partial charge in [-0.1, -0.05) is 41.5 Å². The van der Waals surface area contributed by atoms with E-state index in [2.05, 4.69) is 81.7 Å². The number of nitrogens with zero attached hydrogens (tertiary/aromatic N) is 6. The summed E-state index contributed by atoms with van der Waals surface area (Å²) < 4.78 is 9.87. The number of benzene rings is 2. The van der Waals surface area contributed by atoms with Gasteiger partial charge in [-0.15, -0.1) is 0 Å². The molecule has 41 heavy (non-hydrogen) atoms. The van der Waals surface area contributed by atoms with Gasteiger partial charge in [0, 0.05) is 39.3 Å². The van der Waals surface area contributed by atoms with Crippen LogP contribution in [0.2, 0.25) is 0 Å². The molecule has 1 aliphatic heterocycles. The van der Waals surface area contributed by atoms with Crippen LogP contribution in [-0.4, -0.2) is 74.4 Å². The largest absolute Gasteiger partial charge is 0.379 e. The van der Waals surface area contributed by atoms with Crippen LogP contribution in [-0.2, 0) is 24.9 Å². The number of nitrogens with two attached hydrogens (primary N) is 1. The maximum absolute atomic E-state index is 6.63. The lowest BCUT2D eigenvalue weighted by Crippen LogP contribution is -2.40. The van der Waals surface area contributed by atoms with Crippen molar-refractivity contribution < 1.29 is 4.74 Å². The van der Waals surface area contributed by atoms with E-state index in [1.54, 1.807) is 0 Å². The molecule has 1 atom stereocenters. The van der Waals surface area contributed by atoms with E-state index >= 15 is 0 Å². The molecule has 0 saturated carbocycles. The average Bonchev–Trinajstić information content (AvgIpc) is 3.51. The highest BCUT2D eigenvalue weighted by Gasteiger charge is 2.19. The van der Waals surface area contributed by atoms with Crippen molar-refractivity contribution in [3.63, 3.8) is 0 Å². The van der Waals surface area contributed by atoms with Gasteiger partial charge in [0.2, 0.25) is 5.95 Å². The highest BCUT2D eigenvalue weighted by Crippen LogP contribution is 2.27. The molecule has 1 unspecified atom stereocenters. The minimum atomic E-state index is 0.200. The molecular formula is C32H42N8O. The van der Waals surface area contributed by atoms with Gasteiger partial charge in [-0.2, -0.15) is 0 Å². The molecule has 1 saturated heterocycles. The first-order valence-electron chi connectivity index (χ1n) is 14.7. The van der Waals surface area contributed by atoms with Gasteiger partial charge in [0.15, 0.2) is 0 Å². The third-order valence-corrected chi connectivity index (χ3v) is 8.27. The number of allylic oxidation sites excluding steroid dienone is 2. The second kappa shape index (κ2) is 12.2. The maximum atomic E-state index is 6.63. The van der Waals surface area contributed by atoms with E-state index < -0.39 is 0 Å². The van der Waals surface area contributed by atoms with Crippen molar-refractivity contribution in [1.29, 1.82) is 0 Å². The maximum Gasteiger partial charge on any atom is 0.204 e. The van der Waals surface area contributed by atoms with Gasteiger partial charge in [0.1, 0.15) is 0 Å². The first-order chi connectivity index (χ1) is 19.9. The molecule has 2 aromatic carbocycles. The van der Waals surface area contributed by atoms with Crippen LogP contribution in [0.15, 0.2) is 66.0 Å². The molecule has 2 aromatic heterocycles. The molecule has 4 aromatic rings. The lowest BCUT2D eigenvalue weighted by atomic mass is 9.96. The molecule has 9 heteroatoms. The molecule has 216 valence electrons. The fourth-order valence-electron chi connectivity index (χ4n) is 6.13. The van der Waals surface area contributed by atoms with Crippen molar-refractivity contribution in [2.75, 3.05) is 44.7 Å². The van der Waals surface area contributed by atoms with E-state index in [0.29, 0.717) is 13.1 Å². The Morgan fingerprint density at radius 2 is 1.98 bits per heavy atom. The van der Waals surface area contributed by atoms with Gasteiger partial charge < -0.3 is 19.2 Å². The summed E-state index contributed by atoms with van der Waals surface area (Å²) in [4.78, 5) is 12.2. The molecule has 1 aliphatic carbocycles. The number of imidazole rings is 2. The third kappa shape index (κ3) is 6.23. The summed E-state index contributed by atoms with van der Waals surface area (Å²) in [6.45, 7) is 11.3.